The van der Waals surface area contributed by atoms with E-state index < -0.39 is 0 Å². The van der Waals surface area contributed by atoms with Crippen molar-refractivity contribution in [3.05, 3.63) is 35.0 Å². The number of nitrogens with zero attached hydrogens (tertiary/aromatic N) is 1. The lowest BCUT2D eigenvalue weighted by Crippen LogP contribution is -2.08. The molecule has 0 radical (unpaired) electrons. The molecule has 0 aliphatic heterocycles. The molecule has 1 aliphatic rings. The first kappa shape index (κ1) is 10.8. The summed E-state index contributed by atoms with van der Waals surface area (Å²) in [7, 11) is 2.18. The van der Waals surface area contributed by atoms with E-state index in [2.05, 4.69) is 36.7 Å². The highest BCUT2D eigenvalue weighted by molar-refractivity contribution is 5.87. The van der Waals surface area contributed by atoms with Gasteiger partial charge in [0.15, 0.2) is 0 Å². The van der Waals surface area contributed by atoms with Gasteiger partial charge in [-0.25, -0.2) is 0 Å². The monoisotopic (exact) mass is 228 g/mol. The SMILES string of the molecule is Cc1ccc2c(c1)c(C1CC1)c(CCN)n2C. The van der Waals surface area contributed by atoms with Crippen molar-refractivity contribution in [3.8, 4) is 0 Å². The number of aryl methyl sites for hydroxylation is 2. The molecule has 17 heavy (non-hydrogen) atoms. The van der Waals surface area contributed by atoms with Crippen molar-refractivity contribution in [1.82, 2.24) is 4.57 Å². The molecule has 1 aromatic carbocycles. The Morgan fingerprint density at radius 2 is 2.12 bits per heavy atom. The zero-order valence-electron chi connectivity index (χ0n) is 10.7. The van der Waals surface area contributed by atoms with Gasteiger partial charge in [-0.05, 0) is 49.9 Å². The van der Waals surface area contributed by atoms with Gasteiger partial charge in [0.25, 0.3) is 0 Å². The van der Waals surface area contributed by atoms with E-state index in [-0.39, 0.29) is 0 Å². The second kappa shape index (κ2) is 3.88. The summed E-state index contributed by atoms with van der Waals surface area (Å²) in [6, 6.07) is 6.78. The minimum absolute atomic E-state index is 0.739. The van der Waals surface area contributed by atoms with E-state index in [0.29, 0.717) is 0 Å². The highest BCUT2D eigenvalue weighted by atomic mass is 15.0. The van der Waals surface area contributed by atoms with Crippen LogP contribution in [0.5, 0.6) is 0 Å². The summed E-state index contributed by atoms with van der Waals surface area (Å²) in [6.45, 7) is 2.91. The van der Waals surface area contributed by atoms with Gasteiger partial charge in [-0.1, -0.05) is 11.6 Å². The topological polar surface area (TPSA) is 30.9 Å². The largest absolute Gasteiger partial charge is 0.347 e. The quantitative estimate of drug-likeness (QED) is 0.860. The smallest absolute Gasteiger partial charge is 0.0483 e. The normalized spacial score (nSPS) is 15.7. The Hall–Kier alpha value is -1.28. The summed E-state index contributed by atoms with van der Waals surface area (Å²) in [5.41, 5.74) is 11.5. The Bertz CT molecular complexity index is 562. The second-order valence-electron chi connectivity index (χ2n) is 5.25. The lowest BCUT2D eigenvalue weighted by atomic mass is 10.0. The molecule has 3 rings (SSSR count). The van der Waals surface area contributed by atoms with Crippen LogP contribution in [0.3, 0.4) is 0 Å². The van der Waals surface area contributed by atoms with Gasteiger partial charge in [-0.3, -0.25) is 0 Å². The number of benzene rings is 1. The maximum absolute atomic E-state index is 5.76. The second-order valence-corrected chi connectivity index (χ2v) is 5.25. The molecule has 0 bridgehead atoms. The predicted molar refractivity (Wildman–Crippen MR) is 72.4 cm³/mol. The molecule has 2 heteroatoms. The van der Waals surface area contributed by atoms with E-state index in [4.69, 9.17) is 5.73 Å². The Kier molecular flexibility index (Phi) is 2.48. The molecule has 0 amide bonds. The van der Waals surface area contributed by atoms with Crippen molar-refractivity contribution >= 4 is 10.9 Å². The van der Waals surface area contributed by atoms with E-state index in [1.807, 2.05) is 0 Å². The van der Waals surface area contributed by atoms with Crippen LogP contribution in [0, 0.1) is 6.92 Å². The van der Waals surface area contributed by atoms with Crippen LogP contribution < -0.4 is 5.73 Å². The first-order valence-electron chi connectivity index (χ1n) is 6.50. The van der Waals surface area contributed by atoms with Crippen LogP contribution in [0.2, 0.25) is 0 Å². The van der Waals surface area contributed by atoms with Gasteiger partial charge >= 0.3 is 0 Å². The minimum atomic E-state index is 0.739. The molecule has 1 saturated carbocycles. The zero-order valence-corrected chi connectivity index (χ0v) is 10.7. The van der Waals surface area contributed by atoms with Gasteiger partial charge in [0.1, 0.15) is 0 Å². The standard InChI is InChI=1S/C15H20N2/c1-10-3-6-13-12(9-10)15(11-4-5-11)14(7-8-16)17(13)2/h3,6,9,11H,4-5,7-8,16H2,1-2H3. The van der Waals surface area contributed by atoms with E-state index in [9.17, 15) is 0 Å². The van der Waals surface area contributed by atoms with Crippen LogP contribution in [0.1, 0.15) is 35.6 Å². The molecule has 2 nitrogen and oxygen atoms in total. The Balaban J connectivity index is 2.29. The molecule has 2 N–H and O–H groups in total. The fourth-order valence-electron chi connectivity index (χ4n) is 2.91. The minimum Gasteiger partial charge on any atom is -0.347 e. The molecule has 90 valence electrons. The van der Waals surface area contributed by atoms with E-state index in [1.54, 1.807) is 5.56 Å². The van der Waals surface area contributed by atoms with E-state index in [1.165, 1.54) is 35.0 Å². The van der Waals surface area contributed by atoms with Crippen LogP contribution in [0.4, 0.5) is 0 Å². The first-order chi connectivity index (χ1) is 8.22. The van der Waals surface area contributed by atoms with Gasteiger partial charge < -0.3 is 10.3 Å². The average Bonchev–Trinajstić information content (AvgIpc) is 3.09. The Labute approximate surface area is 102 Å². The van der Waals surface area contributed by atoms with Gasteiger partial charge in [0.05, 0.1) is 0 Å². The van der Waals surface area contributed by atoms with Crippen LogP contribution in [-0.4, -0.2) is 11.1 Å². The molecule has 2 aromatic rings. The summed E-state index contributed by atoms with van der Waals surface area (Å²) in [4.78, 5) is 0. The number of fused-ring (bicyclic) bond motifs is 1. The zero-order chi connectivity index (χ0) is 12.0. The number of rotatable bonds is 3. The maximum atomic E-state index is 5.76. The maximum Gasteiger partial charge on any atom is 0.0483 e. The van der Waals surface area contributed by atoms with Crippen molar-refractivity contribution in [2.75, 3.05) is 6.54 Å². The predicted octanol–water partition coefficient (Wildman–Crippen LogP) is 2.87. The fraction of sp³-hybridized carbons (Fsp3) is 0.467. The molecule has 0 atom stereocenters. The third-order valence-electron chi connectivity index (χ3n) is 3.89. The lowest BCUT2D eigenvalue weighted by molar-refractivity contribution is 0.809. The van der Waals surface area contributed by atoms with Crippen molar-refractivity contribution in [2.45, 2.75) is 32.1 Å². The first-order valence-corrected chi connectivity index (χ1v) is 6.50. The molecule has 1 fully saturated rings. The number of hydrogen-bond acceptors (Lipinski definition) is 1. The average molecular weight is 228 g/mol. The van der Waals surface area contributed by atoms with Crippen LogP contribution in [0.15, 0.2) is 18.2 Å². The summed E-state index contributed by atoms with van der Waals surface area (Å²) in [6.07, 6.45) is 3.70. The van der Waals surface area contributed by atoms with Crippen LogP contribution in [-0.2, 0) is 13.5 Å². The molecular formula is C15H20N2. The van der Waals surface area contributed by atoms with Crippen LogP contribution in [0.25, 0.3) is 10.9 Å². The highest BCUT2D eigenvalue weighted by Gasteiger charge is 2.30. The molecule has 0 saturated heterocycles. The van der Waals surface area contributed by atoms with Crippen LogP contribution >= 0.6 is 0 Å². The number of hydrogen-bond donors (Lipinski definition) is 1. The summed E-state index contributed by atoms with van der Waals surface area (Å²) < 4.78 is 2.34. The summed E-state index contributed by atoms with van der Waals surface area (Å²) in [5, 5.41) is 1.46. The van der Waals surface area contributed by atoms with E-state index in [0.717, 1.165) is 18.9 Å². The van der Waals surface area contributed by atoms with Crippen molar-refractivity contribution in [1.29, 1.82) is 0 Å². The molecule has 0 unspecified atom stereocenters. The highest BCUT2D eigenvalue weighted by Crippen LogP contribution is 2.46. The van der Waals surface area contributed by atoms with Crippen molar-refractivity contribution in [3.63, 3.8) is 0 Å². The third kappa shape index (κ3) is 1.67. The summed E-state index contributed by atoms with van der Waals surface area (Å²) >= 11 is 0. The van der Waals surface area contributed by atoms with Gasteiger partial charge in [-0.15, -0.1) is 0 Å². The fourth-order valence-corrected chi connectivity index (χ4v) is 2.91. The lowest BCUT2D eigenvalue weighted by Gasteiger charge is -2.05. The van der Waals surface area contributed by atoms with Gasteiger partial charge in [-0.2, -0.15) is 0 Å². The molecule has 1 aliphatic carbocycles. The van der Waals surface area contributed by atoms with Gasteiger partial charge in [0.2, 0.25) is 0 Å². The van der Waals surface area contributed by atoms with Crippen molar-refractivity contribution in [2.24, 2.45) is 12.8 Å². The molecule has 1 aromatic heterocycles. The van der Waals surface area contributed by atoms with Crippen molar-refractivity contribution < 1.29 is 0 Å². The third-order valence-corrected chi connectivity index (χ3v) is 3.89. The van der Waals surface area contributed by atoms with Gasteiger partial charge in [0, 0.05) is 30.1 Å². The molecule has 0 spiro atoms. The number of nitrogens with two attached hydrogens (primary N) is 1. The number of aromatic nitrogens is 1. The van der Waals surface area contributed by atoms with E-state index >= 15 is 0 Å². The molecular weight excluding hydrogens is 208 g/mol. The summed E-state index contributed by atoms with van der Waals surface area (Å²) in [5.74, 6) is 0.794. The Morgan fingerprint density at radius 1 is 1.35 bits per heavy atom. The Morgan fingerprint density at radius 3 is 2.76 bits per heavy atom. The molecule has 1 heterocycles.